The van der Waals surface area contributed by atoms with Crippen molar-refractivity contribution >= 4 is 16.5 Å². The van der Waals surface area contributed by atoms with Crippen LogP contribution in [-0.2, 0) is 10.8 Å². The molecule has 2 aliphatic carbocycles. The van der Waals surface area contributed by atoms with Gasteiger partial charge >= 0.3 is 0 Å². The van der Waals surface area contributed by atoms with Gasteiger partial charge in [-0.3, -0.25) is 4.21 Å². The summed E-state index contributed by atoms with van der Waals surface area (Å²) in [6.07, 6.45) is 7.02. The first-order valence-electron chi connectivity index (χ1n) is 6.33. The first-order chi connectivity index (χ1) is 8.24. The van der Waals surface area contributed by atoms with Crippen molar-refractivity contribution in [3.8, 4) is 0 Å². The molecule has 0 aliphatic heterocycles. The van der Waals surface area contributed by atoms with E-state index in [1.54, 1.807) is 18.3 Å². The highest BCUT2D eigenvalue weighted by Gasteiger charge is 2.40. The lowest BCUT2D eigenvalue weighted by atomic mass is 9.90. The Balaban J connectivity index is 1.70. The van der Waals surface area contributed by atoms with Gasteiger partial charge in [-0.2, -0.15) is 0 Å². The molecule has 4 heteroatoms. The summed E-state index contributed by atoms with van der Waals surface area (Å²) in [5.41, 5.74) is 6.38. The fourth-order valence-electron chi connectivity index (χ4n) is 3.45. The molecule has 2 N–H and O–H groups in total. The molecule has 1 heterocycles. The van der Waals surface area contributed by atoms with Crippen molar-refractivity contribution in [3.05, 3.63) is 18.3 Å². The molecule has 2 bridgehead atoms. The first kappa shape index (κ1) is 11.2. The van der Waals surface area contributed by atoms with Gasteiger partial charge in [-0.15, -0.1) is 0 Å². The van der Waals surface area contributed by atoms with E-state index in [0.29, 0.717) is 16.6 Å². The summed E-state index contributed by atoms with van der Waals surface area (Å²) in [6.45, 7) is 0. The van der Waals surface area contributed by atoms with Crippen LogP contribution in [0.3, 0.4) is 0 Å². The van der Waals surface area contributed by atoms with E-state index in [-0.39, 0.29) is 0 Å². The van der Waals surface area contributed by atoms with E-state index in [9.17, 15) is 4.21 Å². The molecular weight excluding hydrogens is 232 g/mol. The van der Waals surface area contributed by atoms with Crippen LogP contribution < -0.4 is 5.73 Å². The summed E-state index contributed by atoms with van der Waals surface area (Å²) in [6, 6.07) is 3.56. The van der Waals surface area contributed by atoms with E-state index in [4.69, 9.17) is 5.73 Å². The predicted molar refractivity (Wildman–Crippen MR) is 68.9 cm³/mol. The molecule has 0 amide bonds. The van der Waals surface area contributed by atoms with Crippen molar-refractivity contribution in [2.45, 2.75) is 30.7 Å². The molecule has 3 nitrogen and oxygen atoms in total. The van der Waals surface area contributed by atoms with Crippen molar-refractivity contribution in [3.63, 3.8) is 0 Å². The van der Waals surface area contributed by atoms with Crippen LogP contribution in [0.2, 0.25) is 0 Å². The van der Waals surface area contributed by atoms with E-state index in [1.807, 2.05) is 0 Å². The topological polar surface area (TPSA) is 56.0 Å². The molecule has 2 aliphatic rings. The number of fused-ring (bicyclic) bond motifs is 2. The second-order valence-electron chi connectivity index (χ2n) is 5.34. The van der Waals surface area contributed by atoms with Crippen molar-refractivity contribution in [2.24, 2.45) is 17.8 Å². The van der Waals surface area contributed by atoms with Crippen LogP contribution in [0.5, 0.6) is 0 Å². The van der Waals surface area contributed by atoms with Gasteiger partial charge in [0.25, 0.3) is 0 Å². The molecule has 17 heavy (non-hydrogen) atoms. The predicted octanol–water partition coefficient (Wildman–Crippen LogP) is 2.21. The normalized spacial score (nSPS) is 32.8. The highest BCUT2D eigenvalue weighted by molar-refractivity contribution is 7.85. The van der Waals surface area contributed by atoms with E-state index < -0.39 is 10.8 Å². The maximum atomic E-state index is 12.3. The molecule has 4 atom stereocenters. The molecule has 3 rings (SSSR count). The van der Waals surface area contributed by atoms with Crippen LogP contribution in [0.1, 0.15) is 25.7 Å². The Labute approximate surface area is 104 Å². The van der Waals surface area contributed by atoms with E-state index in [2.05, 4.69) is 4.98 Å². The fraction of sp³-hybridized carbons (Fsp3) is 0.615. The first-order valence-corrected chi connectivity index (χ1v) is 7.65. The average molecular weight is 250 g/mol. The summed E-state index contributed by atoms with van der Waals surface area (Å²) < 4.78 is 12.3. The Morgan fingerprint density at radius 1 is 1.41 bits per heavy atom. The Morgan fingerprint density at radius 2 is 2.29 bits per heavy atom. The second-order valence-corrected chi connectivity index (χ2v) is 6.76. The number of pyridine rings is 1. The molecule has 4 unspecified atom stereocenters. The zero-order chi connectivity index (χ0) is 11.8. The van der Waals surface area contributed by atoms with Crippen molar-refractivity contribution < 1.29 is 4.21 Å². The maximum absolute atomic E-state index is 12.3. The molecule has 0 saturated heterocycles. The van der Waals surface area contributed by atoms with Crippen LogP contribution >= 0.6 is 0 Å². The molecule has 1 aromatic rings. The van der Waals surface area contributed by atoms with Crippen LogP contribution in [-0.4, -0.2) is 14.9 Å². The summed E-state index contributed by atoms with van der Waals surface area (Å²) >= 11 is 0. The minimum atomic E-state index is -1.02. The minimum Gasteiger partial charge on any atom is -0.396 e. The average Bonchev–Trinajstić information content (AvgIpc) is 2.91. The van der Waals surface area contributed by atoms with Crippen LogP contribution in [0.25, 0.3) is 0 Å². The van der Waals surface area contributed by atoms with Crippen molar-refractivity contribution in [1.82, 2.24) is 4.98 Å². The smallest absolute Gasteiger partial charge is 0.150 e. The van der Waals surface area contributed by atoms with Crippen molar-refractivity contribution in [2.75, 3.05) is 11.5 Å². The fourth-order valence-corrected chi connectivity index (χ4v) is 4.91. The third kappa shape index (κ3) is 2.10. The lowest BCUT2D eigenvalue weighted by Crippen LogP contribution is -2.19. The highest BCUT2D eigenvalue weighted by Crippen LogP contribution is 2.48. The number of nitrogens with two attached hydrogens (primary N) is 1. The molecular formula is C13H18N2OS. The molecule has 0 aromatic carbocycles. The Morgan fingerprint density at radius 3 is 2.94 bits per heavy atom. The molecule has 2 saturated carbocycles. The zero-order valence-corrected chi connectivity index (χ0v) is 10.7. The number of rotatable bonds is 3. The van der Waals surface area contributed by atoms with Crippen LogP contribution in [0, 0.1) is 17.8 Å². The summed E-state index contributed by atoms with van der Waals surface area (Å²) in [5, 5.41) is 0.579. The SMILES string of the molecule is Nc1cccnc1S(=O)CC1CC2CCC1C2. The van der Waals surface area contributed by atoms with Gasteiger partial charge in [-0.05, 0) is 49.1 Å². The van der Waals surface area contributed by atoms with Gasteiger partial charge in [-0.1, -0.05) is 6.42 Å². The third-order valence-corrected chi connectivity index (χ3v) is 5.77. The highest BCUT2D eigenvalue weighted by atomic mass is 32.2. The molecule has 0 radical (unpaired) electrons. The quantitative estimate of drug-likeness (QED) is 0.894. The summed E-state index contributed by atoms with van der Waals surface area (Å²) in [5.74, 6) is 3.11. The van der Waals surface area contributed by atoms with Crippen LogP contribution in [0.4, 0.5) is 5.69 Å². The van der Waals surface area contributed by atoms with E-state index >= 15 is 0 Å². The van der Waals surface area contributed by atoms with Crippen molar-refractivity contribution in [1.29, 1.82) is 0 Å². The summed E-state index contributed by atoms with van der Waals surface area (Å²) in [7, 11) is -1.02. The lowest BCUT2D eigenvalue weighted by molar-refractivity contribution is 0.363. The van der Waals surface area contributed by atoms with Gasteiger partial charge < -0.3 is 5.73 Å². The Kier molecular flexibility index (Phi) is 2.90. The second kappa shape index (κ2) is 4.41. The molecule has 0 spiro atoms. The summed E-state index contributed by atoms with van der Waals surface area (Å²) in [4.78, 5) is 4.16. The van der Waals surface area contributed by atoms with E-state index in [1.165, 1.54) is 25.7 Å². The van der Waals surface area contributed by atoms with Gasteiger partial charge in [0.1, 0.15) is 5.03 Å². The number of nitrogen functional groups attached to an aromatic ring is 1. The molecule has 2 fully saturated rings. The van der Waals surface area contributed by atoms with E-state index in [0.717, 1.165) is 17.6 Å². The zero-order valence-electron chi connectivity index (χ0n) is 9.84. The number of anilines is 1. The third-order valence-electron chi connectivity index (χ3n) is 4.27. The van der Waals surface area contributed by atoms with Gasteiger partial charge in [0.15, 0.2) is 0 Å². The molecule has 1 aromatic heterocycles. The number of aromatic nitrogens is 1. The lowest BCUT2D eigenvalue weighted by Gasteiger charge is -2.20. The largest absolute Gasteiger partial charge is 0.396 e. The van der Waals surface area contributed by atoms with Crippen LogP contribution in [0.15, 0.2) is 23.4 Å². The van der Waals surface area contributed by atoms with Gasteiger partial charge in [-0.25, -0.2) is 4.98 Å². The van der Waals surface area contributed by atoms with Gasteiger partial charge in [0.2, 0.25) is 0 Å². The Bertz CT molecular complexity index is 449. The molecule has 92 valence electrons. The monoisotopic (exact) mass is 250 g/mol. The van der Waals surface area contributed by atoms with Gasteiger partial charge in [0.05, 0.1) is 16.5 Å². The number of hydrogen-bond donors (Lipinski definition) is 1. The Hall–Kier alpha value is -0.900. The van der Waals surface area contributed by atoms with Gasteiger partial charge in [0, 0.05) is 11.9 Å². The standard InChI is InChI=1S/C13H18N2OS/c14-12-2-1-5-15-13(12)17(16)8-11-7-9-3-4-10(11)6-9/h1-2,5,9-11H,3-4,6-8,14H2. The number of hydrogen-bond acceptors (Lipinski definition) is 3. The maximum Gasteiger partial charge on any atom is 0.150 e. The number of nitrogens with zero attached hydrogens (tertiary/aromatic N) is 1. The minimum absolute atomic E-state index is 0.564.